The Morgan fingerprint density at radius 1 is 1.17 bits per heavy atom. The second-order valence-electron chi connectivity index (χ2n) is 5.77. The lowest BCUT2D eigenvalue weighted by molar-refractivity contribution is -0.127. The summed E-state index contributed by atoms with van der Waals surface area (Å²) in [6.45, 7) is 0.391. The van der Waals surface area contributed by atoms with Gasteiger partial charge in [-0.2, -0.15) is 0 Å². The number of rotatable bonds is 4. The smallest absolute Gasteiger partial charge is 0.240 e. The second-order valence-corrected chi connectivity index (χ2v) is 6.83. The van der Waals surface area contributed by atoms with Gasteiger partial charge in [0.15, 0.2) is 0 Å². The van der Waals surface area contributed by atoms with Crippen molar-refractivity contribution in [2.45, 2.75) is 44.2 Å². The summed E-state index contributed by atoms with van der Waals surface area (Å²) in [6.07, 6.45) is 4.76. The molecule has 2 aromatic rings. The minimum absolute atomic E-state index is 0. The van der Waals surface area contributed by atoms with E-state index >= 15 is 0 Å². The predicted molar refractivity (Wildman–Crippen MR) is 94.4 cm³/mol. The predicted octanol–water partition coefficient (Wildman–Crippen LogP) is 2.90. The van der Waals surface area contributed by atoms with Crippen LogP contribution in [0.25, 0.3) is 10.6 Å². The third kappa shape index (κ3) is 4.28. The van der Waals surface area contributed by atoms with Crippen LogP contribution in [0.2, 0.25) is 0 Å². The fraction of sp³-hybridized carbons (Fsp3) is 0.438. The van der Waals surface area contributed by atoms with Crippen LogP contribution in [0.15, 0.2) is 30.3 Å². The van der Waals surface area contributed by atoms with Crippen LogP contribution in [0, 0.1) is 0 Å². The fourth-order valence-electron chi connectivity index (χ4n) is 2.76. The van der Waals surface area contributed by atoms with Gasteiger partial charge in [-0.25, -0.2) is 0 Å². The molecular weight excluding hydrogens is 332 g/mol. The number of nitrogens with zero attached hydrogens (tertiary/aromatic N) is 2. The lowest BCUT2D eigenvalue weighted by atomic mass is 9.82. The summed E-state index contributed by atoms with van der Waals surface area (Å²) in [5.74, 6) is -0.0661. The molecule has 124 valence electrons. The van der Waals surface area contributed by atoms with E-state index in [0.29, 0.717) is 6.54 Å². The third-order valence-electron chi connectivity index (χ3n) is 4.09. The summed E-state index contributed by atoms with van der Waals surface area (Å²) in [7, 11) is 0. The zero-order valence-electron chi connectivity index (χ0n) is 12.8. The van der Waals surface area contributed by atoms with Crippen molar-refractivity contribution in [3.8, 4) is 10.6 Å². The average molecular weight is 353 g/mol. The number of nitrogens with two attached hydrogens (primary N) is 1. The SMILES string of the molecule is Cl.NC1(C(=O)NCc2nnc(-c3ccccc3)s2)CCCCC1. The maximum Gasteiger partial charge on any atom is 0.240 e. The van der Waals surface area contributed by atoms with Crippen molar-refractivity contribution in [2.24, 2.45) is 5.73 Å². The van der Waals surface area contributed by atoms with Crippen LogP contribution >= 0.6 is 23.7 Å². The largest absolute Gasteiger partial charge is 0.348 e. The number of hydrogen-bond acceptors (Lipinski definition) is 5. The van der Waals surface area contributed by atoms with Crippen LogP contribution in [0.4, 0.5) is 0 Å². The molecule has 1 aliphatic carbocycles. The lowest BCUT2D eigenvalue weighted by Crippen LogP contribution is -2.54. The second kappa shape index (κ2) is 7.86. The third-order valence-corrected chi connectivity index (χ3v) is 5.06. The summed E-state index contributed by atoms with van der Waals surface area (Å²) >= 11 is 1.50. The van der Waals surface area contributed by atoms with Gasteiger partial charge >= 0.3 is 0 Å². The van der Waals surface area contributed by atoms with Crippen LogP contribution in [-0.4, -0.2) is 21.6 Å². The van der Waals surface area contributed by atoms with Crippen LogP contribution in [0.3, 0.4) is 0 Å². The number of nitrogens with one attached hydrogen (secondary N) is 1. The first kappa shape index (κ1) is 17.8. The first-order valence-corrected chi connectivity index (χ1v) is 8.44. The molecule has 1 aliphatic rings. The van der Waals surface area contributed by atoms with Crippen LogP contribution in [0.5, 0.6) is 0 Å². The number of carbonyl (C=O) groups is 1. The van der Waals surface area contributed by atoms with Crippen LogP contribution < -0.4 is 11.1 Å². The number of hydrogen-bond donors (Lipinski definition) is 2. The maximum absolute atomic E-state index is 12.3. The number of amides is 1. The first-order valence-electron chi connectivity index (χ1n) is 7.62. The molecule has 0 aliphatic heterocycles. The Hall–Kier alpha value is -1.50. The van der Waals surface area contributed by atoms with E-state index in [1.54, 1.807) is 0 Å². The van der Waals surface area contributed by atoms with Gasteiger partial charge in [-0.05, 0) is 12.8 Å². The minimum atomic E-state index is -0.703. The van der Waals surface area contributed by atoms with Crippen molar-refractivity contribution in [1.82, 2.24) is 15.5 Å². The first-order chi connectivity index (χ1) is 10.7. The highest BCUT2D eigenvalue weighted by molar-refractivity contribution is 7.14. The number of halogens is 1. The van der Waals surface area contributed by atoms with Gasteiger partial charge in [-0.15, -0.1) is 22.6 Å². The minimum Gasteiger partial charge on any atom is -0.348 e. The van der Waals surface area contributed by atoms with Crippen molar-refractivity contribution >= 4 is 29.7 Å². The zero-order chi connectivity index (χ0) is 15.4. The average Bonchev–Trinajstić information content (AvgIpc) is 3.03. The summed E-state index contributed by atoms with van der Waals surface area (Å²) in [6, 6.07) is 9.91. The molecule has 7 heteroatoms. The quantitative estimate of drug-likeness (QED) is 0.886. The monoisotopic (exact) mass is 352 g/mol. The highest BCUT2D eigenvalue weighted by Crippen LogP contribution is 2.26. The van der Waals surface area contributed by atoms with Crippen LogP contribution in [-0.2, 0) is 11.3 Å². The van der Waals surface area contributed by atoms with E-state index in [2.05, 4.69) is 15.5 Å². The molecule has 1 saturated carbocycles. The molecule has 5 nitrogen and oxygen atoms in total. The fourth-order valence-corrected chi connectivity index (χ4v) is 3.55. The Labute approximate surface area is 146 Å². The molecule has 0 spiro atoms. The van der Waals surface area contributed by atoms with E-state index in [-0.39, 0.29) is 18.3 Å². The van der Waals surface area contributed by atoms with Gasteiger partial charge in [0.05, 0.1) is 12.1 Å². The highest BCUT2D eigenvalue weighted by Gasteiger charge is 2.35. The van der Waals surface area contributed by atoms with Crippen molar-refractivity contribution < 1.29 is 4.79 Å². The molecule has 0 atom stereocenters. The van der Waals surface area contributed by atoms with Gasteiger partial charge in [-0.3, -0.25) is 4.79 Å². The molecule has 1 amide bonds. The standard InChI is InChI=1S/C16H20N4OS.ClH/c17-16(9-5-2-6-10-16)15(21)18-11-13-19-20-14(22-13)12-7-3-1-4-8-12;/h1,3-4,7-8H,2,5-6,9-11,17H2,(H,18,21);1H. The normalized spacial score (nSPS) is 16.4. The topological polar surface area (TPSA) is 80.9 Å². The Balaban J connectivity index is 0.00000192. The molecule has 3 N–H and O–H groups in total. The van der Waals surface area contributed by atoms with E-state index in [0.717, 1.165) is 41.3 Å². The van der Waals surface area contributed by atoms with Gasteiger partial charge in [-0.1, -0.05) is 60.9 Å². The molecule has 1 aromatic heterocycles. The zero-order valence-corrected chi connectivity index (χ0v) is 14.5. The molecular formula is C16H21ClN4OS. The van der Waals surface area contributed by atoms with Crippen molar-refractivity contribution in [3.63, 3.8) is 0 Å². The van der Waals surface area contributed by atoms with E-state index in [1.165, 1.54) is 17.8 Å². The van der Waals surface area contributed by atoms with Crippen LogP contribution in [0.1, 0.15) is 37.1 Å². The Morgan fingerprint density at radius 2 is 1.87 bits per heavy atom. The number of carbonyl (C=O) groups excluding carboxylic acids is 1. The van der Waals surface area contributed by atoms with Gasteiger partial charge < -0.3 is 11.1 Å². The highest BCUT2D eigenvalue weighted by atomic mass is 35.5. The molecule has 0 bridgehead atoms. The van der Waals surface area contributed by atoms with Gasteiger partial charge in [0.1, 0.15) is 10.0 Å². The van der Waals surface area contributed by atoms with E-state index in [9.17, 15) is 4.79 Å². The number of benzene rings is 1. The molecule has 23 heavy (non-hydrogen) atoms. The summed E-state index contributed by atoms with van der Waals surface area (Å²) < 4.78 is 0. The Morgan fingerprint density at radius 3 is 2.57 bits per heavy atom. The molecule has 0 unspecified atom stereocenters. The van der Waals surface area contributed by atoms with E-state index < -0.39 is 5.54 Å². The summed E-state index contributed by atoms with van der Waals surface area (Å²) in [4.78, 5) is 12.3. The van der Waals surface area contributed by atoms with Crippen molar-refractivity contribution in [2.75, 3.05) is 0 Å². The van der Waals surface area contributed by atoms with Crippen molar-refractivity contribution in [1.29, 1.82) is 0 Å². The van der Waals surface area contributed by atoms with Gasteiger partial charge in [0.25, 0.3) is 0 Å². The molecule has 1 heterocycles. The molecule has 1 fully saturated rings. The van der Waals surface area contributed by atoms with Crippen molar-refractivity contribution in [3.05, 3.63) is 35.3 Å². The number of aromatic nitrogens is 2. The van der Waals surface area contributed by atoms with E-state index in [1.807, 2.05) is 30.3 Å². The molecule has 0 radical (unpaired) electrons. The molecule has 1 aromatic carbocycles. The molecule has 3 rings (SSSR count). The lowest BCUT2D eigenvalue weighted by Gasteiger charge is -2.31. The van der Waals surface area contributed by atoms with Gasteiger partial charge in [0, 0.05) is 5.56 Å². The maximum atomic E-state index is 12.3. The molecule has 0 saturated heterocycles. The Bertz CT molecular complexity index is 641. The summed E-state index contributed by atoms with van der Waals surface area (Å²) in [5, 5.41) is 12.9. The van der Waals surface area contributed by atoms with Gasteiger partial charge in [0.2, 0.25) is 5.91 Å². The Kier molecular flexibility index (Phi) is 6.10. The summed E-state index contributed by atoms with van der Waals surface area (Å²) in [5.41, 5.74) is 6.56. The van der Waals surface area contributed by atoms with E-state index in [4.69, 9.17) is 5.73 Å².